The molecule has 1 fully saturated rings. The molecule has 13 heteroatoms. The summed E-state index contributed by atoms with van der Waals surface area (Å²) in [6.45, 7) is 6.17. The number of nitrogens with one attached hydrogen (secondary N) is 1. The summed E-state index contributed by atoms with van der Waals surface area (Å²) in [6.07, 6.45) is 0.514. The number of anilines is 2. The third-order valence-electron chi connectivity index (χ3n) is 6.76. The fourth-order valence-corrected chi connectivity index (χ4v) is 6.17. The van der Waals surface area contributed by atoms with Gasteiger partial charge in [-0.3, -0.25) is 4.79 Å². The van der Waals surface area contributed by atoms with Gasteiger partial charge in [0.1, 0.15) is 10.6 Å². The Balaban J connectivity index is 1.46. The fraction of sp³-hybridized carbons (Fsp3) is 0.625. The first-order chi connectivity index (χ1) is 17.8. The van der Waals surface area contributed by atoms with Crippen LogP contribution in [-0.4, -0.2) is 56.3 Å². The lowest BCUT2D eigenvalue weighted by molar-refractivity contribution is -0.147. The average molecular weight is 537 g/mol. The Labute approximate surface area is 217 Å². The Kier molecular flexibility index (Phi) is 7.24. The van der Waals surface area contributed by atoms with Gasteiger partial charge in [0.05, 0.1) is 11.9 Å². The van der Waals surface area contributed by atoms with E-state index in [-0.39, 0.29) is 30.9 Å². The van der Waals surface area contributed by atoms with E-state index in [0.717, 1.165) is 53.4 Å². The number of nitrogens with zero attached hydrogens (tertiary/aromatic N) is 7. The zero-order valence-electron chi connectivity index (χ0n) is 21.0. The molecule has 0 aliphatic carbocycles. The number of rotatable bonds is 7. The molecule has 1 N–H and O–H groups in total. The zero-order chi connectivity index (χ0) is 26.2. The molecule has 0 saturated carbocycles. The van der Waals surface area contributed by atoms with Crippen molar-refractivity contribution in [1.29, 1.82) is 0 Å². The number of aryl methyl sites for hydroxylation is 1. The van der Waals surface area contributed by atoms with E-state index in [9.17, 15) is 18.0 Å². The summed E-state index contributed by atoms with van der Waals surface area (Å²) < 4.78 is 41.2. The van der Waals surface area contributed by atoms with Crippen LogP contribution in [0.4, 0.5) is 24.9 Å². The highest BCUT2D eigenvalue weighted by molar-refractivity contribution is 7.18. The molecule has 0 radical (unpaired) electrons. The highest BCUT2D eigenvalue weighted by atomic mass is 32.1. The third-order valence-corrected chi connectivity index (χ3v) is 7.85. The maximum atomic E-state index is 13.3. The molecule has 0 aromatic carbocycles. The van der Waals surface area contributed by atoms with Gasteiger partial charge in [-0.1, -0.05) is 20.3 Å². The summed E-state index contributed by atoms with van der Waals surface area (Å²) in [5.74, 6) is 0.668. The van der Waals surface area contributed by atoms with Gasteiger partial charge < -0.3 is 19.7 Å². The van der Waals surface area contributed by atoms with Gasteiger partial charge in [-0.05, 0) is 31.7 Å². The van der Waals surface area contributed by atoms with Crippen molar-refractivity contribution >= 4 is 39.2 Å². The second-order valence-electron chi connectivity index (χ2n) is 9.64. The molecule has 3 aromatic rings. The molecule has 2 aliphatic heterocycles. The molecule has 200 valence electrons. The first kappa shape index (κ1) is 25.7. The second-order valence-corrected chi connectivity index (χ2v) is 10.8. The van der Waals surface area contributed by atoms with Gasteiger partial charge in [0.2, 0.25) is 17.7 Å². The third kappa shape index (κ3) is 5.36. The summed E-state index contributed by atoms with van der Waals surface area (Å²) >= 11 is 1.63. The molecule has 3 aromatic heterocycles. The molecule has 0 unspecified atom stereocenters. The van der Waals surface area contributed by atoms with Crippen molar-refractivity contribution < 1.29 is 18.0 Å². The number of carbonyl (C=O) groups is 1. The van der Waals surface area contributed by atoms with Crippen molar-refractivity contribution in [1.82, 2.24) is 30.0 Å². The largest absolute Gasteiger partial charge is 0.451 e. The first-order valence-electron chi connectivity index (χ1n) is 12.9. The minimum absolute atomic E-state index is 0.0314. The number of hydrogen-bond acceptors (Lipinski definition) is 8. The molecule has 0 spiro atoms. The molecule has 9 nitrogen and oxygen atoms in total. The van der Waals surface area contributed by atoms with Crippen LogP contribution in [0.3, 0.4) is 0 Å². The van der Waals surface area contributed by atoms with Crippen molar-refractivity contribution in [3.05, 3.63) is 22.6 Å². The number of piperidine rings is 1. The Morgan fingerprint density at radius 1 is 1.14 bits per heavy atom. The summed E-state index contributed by atoms with van der Waals surface area (Å²) in [4.78, 5) is 28.2. The van der Waals surface area contributed by atoms with E-state index < -0.39 is 12.0 Å². The van der Waals surface area contributed by atoms with Crippen LogP contribution in [0.15, 0.2) is 6.07 Å². The predicted molar refractivity (Wildman–Crippen MR) is 136 cm³/mol. The van der Waals surface area contributed by atoms with Gasteiger partial charge in [0, 0.05) is 43.5 Å². The van der Waals surface area contributed by atoms with Crippen LogP contribution in [-0.2, 0) is 30.5 Å². The van der Waals surface area contributed by atoms with E-state index >= 15 is 0 Å². The van der Waals surface area contributed by atoms with Crippen LogP contribution >= 0.6 is 11.3 Å². The van der Waals surface area contributed by atoms with Gasteiger partial charge in [0.15, 0.2) is 5.82 Å². The minimum atomic E-state index is -4.54. The molecular formula is C24H31F3N8OS. The van der Waals surface area contributed by atoms with Crippen LogP contribution in [0.5, 0.6) is 0 Å². The molecule has 37 heavy (non-hydrogen) atoms. The SMILES string of the molecule is CCCC(=O)N[C@@H]1CCCN(c2nc(N3CCn4c(nnc4C(F)(F)F)C3)c3cc(CCC)sc3n2)C1. The number of hydrogen-bond donors (Lipinski definition) is 1. The van der Waals surface area contributed by atoms with Crippen molar-refractivity contribution in [2.24, 2.45) is 0 Å². The molecule has 5 rings (SSSR count). The molecule has 2 aliphatic rings. The van der Waals surface area contributed by atoms with Crippen molar-refractivity contribution in [3.63, 3.8) is 0 Å². The molecule has 1 atom stereocenters. The van der Waals surface area contributed by atoms with Crippen molar-refractivity contribution in [2.75, 3.05) is 29.4 Å². The van der Waals surface area contributed by atoms with Crippen LogP contribution < -0.4 is 15.1 Å². The molecular weight excluding hydrogens is 505 g/mol. The average Bonchev–Trinajstić information content (AvgIpc) is 3.47. The zero-order valence-corrected chi connectivity index (χ0v) is 21.8. The molecule has 5 heterocycles. The Bertz CT molecular complexity index is 1270. The Morgan fingerprint density at radius 3 is 2.73 bits per heavy atom. The molecule has 1 saturated heterocycles. The highest BCUT2D eigenvalue weighted by Gasteiger charge is 2.40. The first-order valence-corrected chi connectivity index (χ1v) is 13.7. The number of thiophene rings is 1. The summed E-state index contributed by atoms with van der Waals surface area (Å²) in [6, 6.07) is 2.14. The second kappa shape index (κ2) is 10.4. The number of fused-ring (bicyclic) bond motifs is 2. The highest BCUT2D eigenvalue weighted by Crippen LogP contribution is 2.36. The van der Waals surface area contributed by atoms with Gasteiger partial charge in [-0.25, -0.2) is 4.98 Å². The topological polar surface area (TPSA) is 92.1 Å². The van der Waals surface area contributed by atoms with Gasteiger partial charge in [0.25, 0.3) is 0 Å². The smallest absolute Gasteiger partial charge is 0.352 e. The van der Waals surface area contributed by atoms with Crippen molar-refractivity contribution in [3.8, 4) is 0 Å². The lowest BCUT2D eigenvalue weighted by atomic mass is 10.1. The van der Waals surface area contributed by atoms with E-state index in [1.807, 2.05) is 11.8 Å². The Morgan fingerprint density at radius 2 is 1.97 bits per heavy atom. The number of halogens is 3. The number of amides is 1. The maximum Gasteiger partial charge on any atom is 0.451 e. The van der Waals surface area contributed by atoms with Crippen LogP contribution in [0, 0.1) is 0 Å². The van der Waals surface area contributed by atoms with Crippen LogP contribution in [0.2, 0.25) is 0 Å². The quantitative estimate of drug-likeness (QED) is 0.485. The lowest BCUT2D eigenvalue weighted by Gasteiger charge is -2.34. The van der Waals surface area contributed by atoms with Gasteiger partial charge in [-0.15, -0.1) is 21.5 Å². The minimum Gasteiger partial charge on any atom is -0.352 e. The predicted octanol–water partition coefficient (Wildman–Crippen LogP) is 4.16. The van der Waals surface area contributed by atoms with Crippen LogP contribution in [0.1, 0.15) is 62.5 Å². The van der Waals surface area contributed by atoms with E-state index in [1.54, 1.807) is 11.3 Å². The summed E-state index contributed by atoms with van der Waals surface area (Å²) in [5, 5.41) is 11.3. The van der Waals surface area contributed by atoms with E-state index in [0.29, 0.717) is 31.3 Å². The summed E-state index contributed by atoms with van der Waals surface area (Å²) in [5.41, 5.74) is 0. The van der Waals surface area contributed by atoms with E-state index in [2.05, 4.69) is 33.4 Å². The number of alkyl halides is 3. The standard InChI is InChI=1S/C24H31F3N8OS/c1-3-6-16-12-17-20(33-10-11-35-18(14-33)31-32-22(35)24(25,26)27)29-23(30-21(17)37-16)34-9-5-8-15(13-34)28-19(36)7-4-2/h12,15H,3-11,13-14H2,1-2H3,(H,28,36)/t15-/m1/s1. The van der Waals surface area contributed by atoms with Crippen LogP contribution in [0.25, 0.3) is 10.2 Å². The van der Waals surface area contributed by atoms with Gasteiger partial charge in [-0.2, -0.15) is 18.2 Å². The Hall–Kier alpha value is -2.96. The van der Waals surface area contributed by atoms with Gasteiger partial charge >= 0.3 is 6.18 Å². The molecule has 1 amide bonds. The number of carbonyl (C=O) groups excluding carboxylic acids is 1. The number of aromatic nitrogens is 5. The van der Waals surface area contributed by atoms with E-state index in [4.69, 9.17) is 9.97 Å². The van der Waals surface area contributed by atoms with E-state index in [1.165, 1.54) is 4.88 Å². The summed E-state index contributed by atoms with van der Waals surface area (Å²) in [7, 11) is 0. The van der Waals surface area contributed by atoms with Crippen molar-refractivity contribution in [2.45, 2.75) is 77.7 Å². The molecule has 0 bridgehead atoms. The normalized spacial score (nSPS) is 18.4. The monoisotopic (exact) mass is 536 g/mol. The fourth-order valence-electron chi connectivity index (χ4n) is 5.05. The lowest BCUT2D eigenvalue weighted by Crippen LogP contribution is -2.48. The maximum absolute atomic E-state index is 13.3.